The van der Waals surface area contributed by atoms with Gasteiger partial charge in [0.2, 0.25) is 5.91 Å². The van der Waals surface area contributed by atoms with Crippen molar-refractivity contribution in [1.29, 1.82) is 0 Å². The molecule has 180 valence electrons. The number of nitro groups is 1. The number of rotatable bonds is 7. The highest BCUT2D eigenvalue weighted by Crippen LogP contribution is 2.24. The Morgan fingerprint density at radius 3 is 2.44 bits per heavy atom. The highest BCUT2D eigenvalue weighted by molar-refractivity contribution is 6.07. The number of aromatic nitrogens is 2. The van der Waals surface area contributed by atoms with Crippen molar-refractivity contribution in [2.24, 2.45) is 0 Å². The van der Waals surface area contributed by atoms with Crippen LogP contribution in [0.2, 0.25) is 0 Å². The molecule has 0 spiro atoms. The monoisotopic (exact) mass is 481 g/mol. The number of nitro benzene ring substituents is 1. The molecule has 0 atom stereocenters. The van der Waals surface area contributed by atoms with Crippen LogP contribution in [0.15, 0.2) is 84.9 Å². The Morgan fingerprint density at radius 2 is 1.69 bits per heavy atom. The van der Waals surface area contributed by atoms with Crippen molar-refractivity contribution >= 4 is 35.0 Å². The van der Waals surface area contributed by atoms with E-state index in [-0.39, 0.29) is 11.6 Å². The van der Waals surface area contributed by atoms with Crippen LogP contribution in [0.1, 0.15) is 27.3 Å². The minimum atomic E-state index is -0.496. The fraction of sp³-hybridized carbons (Fsp3) is 0.0741. The summed E-state index contributed by atoms with van der Waals surface area (Å²) < 4.78 is 1.77. The number of anilines is 2. The topological polar surface area (TPSA) is 119 Å². The van der Waals surface area contributed by atoms with Crippen LogP contribution in [0.25, 0.3) is 11.8 Å². The lowest BCUT2D eigenvalue weighted by Gasteiger charge is -2.09. The summed E-state index contributed by atoms with van der Waals surface area (Å²) in [5.41, 5.74) is 4.25. The molecule has 2 amide bonds. The summed E-state index contributed by atoms with van der Waals surface area (Å²) in [5, 5.41) is 21.1. The summed E-state index contributed by atoms with van der Waals surface area (Å²) in [4.78, 5) is 35.7. The van der Waals surface area contributed by atoms with Crippen molar-refractivity contribution in [2.75, 3.05) is 10.6 Å². The molecule has 36 heavy (non-hydrogen) atoms. The zero-order valence-corrected chi connectivity index (χ0v) is 19.6. The molecule has 0 saturated carbocycles. The second-order valence-corrected chi connectivity index (χ2v) is 8.00. The van der Waals surface area contributed by atoms with E-state index < -0.39 is 10.8 Å². The molecule has 0 bridgehead atoms. The van der Waals surface area contributed by atoms with Crippen LogP contribution < -0.4 is 10.6 Å². The highest BCUT2D eigenvalue weighted by Gasteiger charge is 2.16. The first-order valence-electron chi connectivity index (χ1n) is 11.1. The minimum absolute atomic E-state index is 0.0592. The van der Waals surface area contributed by atoms with Crippen molar-refractivity contribution in [3.8, 4) is 5.69 Å². The minimum Gasteiger partial charge on any atom is -0.322 e. The lowest BCUT2D eigenvalue weighted by molar-refractivity contribution is -0.384. The van der Waals surface area contributed by atoms with Crippen LogP contribution in [0.3, 0.4) is 0 Å². The van der Waals surface area contributed by atoms with Crippen molar-refractivity contribution in [3.63, 3.8) is 0 Å². The number of non-ortho nitro benzene ring substituents is 1. The van der Waals surface area contributed by atoms with E-state index in [4.69, 9.17) is 0 Å². The van der Waals surface area contributed by atoms with Crippen LogP contribution in [0.5, 0.6) is 0 Å². The predicted molar refractivity (Wildman–Crippen MR) is 138 cm³/mol. The van der Waals surface area contributed by atoms with E-state index in [2.05, 4.69) is 15.7 Å². The number of amides is 2. The van der Waals surface area contributed by atoms with Gasteiger partial charge >= 0.3 is 0 Å². The first-order valence-corrected chi connectivity index (χ1v) is 11.1. The molecule has 3 aromatic carbocycles. The quantitative estimate of drug-likeness (QED) is 0.211. The number of carbonyl (C=O) groups is 2. The Labute approximate surface area is 207 Å². The van der Waals surface area contributed by atoms with Gasteiger partial charge in [0.05, 0.1) is 27.7 Å². The molecule has 1 aromatic heterocycles. The Balaban J connectivity index is 1.45. The van der Waals surface area contributed by atoms with Gasteiger partial charge in [-0.3, -0.25) is 19.7 Å². The Bertz CT molecular complexity index is 1470. The molecule has 0 aliphatic carbocycles. The number of nitrogens with one attached hydrogen (secondary N) is 2. The van der Waals surface area contributed by atoms with Crippen molar-refractivity contribution in [2.45, 2.75) is 13.8 Å². The fourth-order valence-electron chi connectivity index (χ4n) is 3.67. The number of aryl methyl sites for hydroxylation is 1. The maximum atomic E-state index is 13.0. The van der Waals surface area contributed by atoms with Crippen LogP contribution in [0, 0.1) is 24.0 Å². The Kier molecular flexibility index (Phi) is 7.01. The van der Waals surface area contributed by atoms with E-state index >= 15 is 0 Å². The summed E-state index contributed by atoms with van der Waals surface area (Å²) in [6.07, 6.45) is 2.76. The normalized spacial score (nSPS) is 10.8. The van der Waals surface area contributed by atoms with Gasteiger partial charge in [0, 0.05) is 29.5 Å². The number of nitrogens with zero attached hydrogens (tertiary/aromatic N) is 3. The van der Waals surface area contributed by atoms with Crippen LogP contribution >= 0.6 is 0 Å². The van der Waals surface area contributed by atoms with Gasteiger partial charge in [-0.25, -0.2) is 4.68 Å². The zero-order chi connectivity index (χ0) is 25.7. The highest BCUT2D eigenvalue weighted by atomic mass is 16.6. The average Bonchev–Trinajstić information content (AvgIpc) is 3.16. The molecule has 0 radical (unpaired) electrons. The SMILES string of the molecule is Cc1nn(-c2ccccc2)c(C)c1NC(=O)c1cccc(NC(=O)/C=C/c2cccc([N+](=O)[O-])c2)c1. The van der Waals surface area contributed by atoms with Crippen LogP contribution in [-0.4, -0.2) is 26.5 Å². The first-order chi connectivity index (χ1) is 17.3. The average molecular weight is 482 g/mol. The van der Waals surface area contributed by atoms with E-state index in [0.717, 1.165) is 11.4 Å². The van der Waals surface area contributed by atoms with E-state index in [1.807, 2.05) is 44.2 Å². The van der Waals surface area contributed by atoms with E-state index in [1.54, 1.807) is 41.1 Å². The lowest BCUT2D eigenvalue weighted by Crippen LogP contribution is -2.14. The summed E-state index contributed by atoms with van der Waals surface area (Å²) >= 11 is 0. The maximum absolute atomic E-state index is 13.0. The molecule has 4 rings (SSSR count). The third-order valence-corrected chi connectivity index (χ3v) is 5.43. The second-order valence-electron chi connectivity index (χ2n) is 8.00. The lowest BCUT2D eigenvalue weighted by atomic mass is 10.1. The molecule has 0 fully saturated rings. The van der Waals surface area contributed by atoms with Crippen LogP contribution in [-0.2, 0) is 4.79 Å². The molecule has 0 aliphatic rings. The number of para-hydroxylation sites is 1. The van der Waals surface area contributed by atoms with E-state index in [1.165, 1.54) is 24.3 Å². The van der Waals surface area contributed by atoms with Crippen LogP contribution in [0.4, 0.5) is 17.1 Å². The largest absolute Gasteiger partial charge is 0.322 e. The Hall–Kier alpha value is -5.05. The molecule has 2 N–H and O–H groups in total. The molecule has 9 nitrogen and oxygen atoms in total. The van der Waals surface area contributed by atoms with Crippen molar-refractivity contribution < 1.29 is 14.5 Å². The molecule has 9 heteroatoms. The molecular formula is C27H23N5O4. The summed E-state index contributed by atoms with van der Waals surface area (Å²) in [6, 6.07) is 22.1. The van der Waals surface area contributed by atoms with Gasteiger partial charge in [-0.1, -0.05) is 36.4 Å². The van der Waals surface area contributed by atoms with E-state index in [0.29, 0.717) is 28.2 Å². The molecule has 0 saturated heterocycles. The number of hydrogen-bond acceptors (Lipinski definition) is 5. The smallest absolute Gasteiger partial charge is 0.270 e. The van der Waals surface area contributed by atoms with Gasteiger partial charge in [-0.15, -0.1) is 0 Å². The molecular weight excluding hydrogens is 458 g/mol. The zero-order valence-electron chi connectivity index (χ0n) is 19.6. The molecule has 1 heterocycles. The summed E-state index contributed by atoms with van der Waals surface area (Å²) in [5.74, 6) is -0.771. The van der Waals surface area contributed by atoms with Gasteiger partial charge in [0.25, 0.3) is 11.6 Å². The maximum Gasteiger partial charge on any atom is 0.270 e. The number of hydrogen-bond donors (Lipinski definition) is 2. The predicted octanol–water partition coefficient (Wildman–Crippen LogP) is 5.30. The number of carbonyl (C=O) groups excluding carboxylic acids is 2. The molecule has 4 aromatic rings. The summed E-state index contributed by atoms with van der Waals surface area (Å²) in [7, 11) is 0. The van der Waals surface area contributed by atoms with Gasteiger partial charge in [0.1, 0.15) is 0 Å². The van der Waals surface area contributed by atoms with Gasteiger partial charge < -0.3 is 10.6 Å². The molecule has 0 unspecified atom stereocenters. The summed E-state index contributed by atoms with van der Waals surface area (Å²) in [6.45, 7) is 3.71. The third kappa shape index (κ3) is 5.53. The first kappa shape index (κ1) is 24.1. The van der Waals surface area contributed by atoms with Gasteiger partial charge in [-0.05, 0) is 55.8 Å². The Morgan fingerprint density at radius 1 is 0.944 bits per heavy atom. The number of benzene rings is 3. The van der Waals surface area contributed by atoms with Crippen molar-refractivity contribution in [3.05, 3.63) is 118 Å². The van der Waals surface area contributed by atoms with E-state index in [9.17, 15) is 19.7 Å². The van der Waals surface area contributed by atoms with Gasteiger partial charge in [-0.2, -0.15) is 5.10 Å². The standard InChI is InChI=1S/C27H23N5O4/c1-18-26(19(2)31(30-18)23-11-4-3-5-12-23)29-27(34)21-9-7-10-22(17-21)28-25(33)15-14-20-8-6-13-24(16-20)32(35)36/h3-17H,1-2H3,(H,28,33)(H,29,34)/b15-14+. The fourth-order valence-corrected chi connectivity index (χ4v) is 3.67. The third-order valence-electron chi connectivity index (χ3n) is 5.43. The van der Waals surface area contributed by atoms with Crippen molar-refractivity contribution in [1.82, 2.24) is 9.78 Å². The second kappa shape index (κ2) is 10.5. The van der Waals surface area contributed by atoms with Gasteiger partial charge in [0.15, 0.2) is 0 Å². The molecule has 0 aliphatic heterocycles.